The first-order valence-corrected chi connectivity index (χ1v) is 16.2. The van der Waals surface area contributed by atoms with Gasteiger partial charge in [-0.1, -0.05) is 86.7 Å². The van der Waals surface area contributed by atoms with Crippen molar-refractivity contribution in [1.29, 1.82) is 0 Å². The molecular formula is C41H39NO5. The van der Waals surface area contributed by atoms with E-state index < -0.39 is 5.60 Å². The highest BCUT2D eigenvalue weighted by atomic mass is 16.5. The SMILES string of the molecule is COc1cc2c3c(c4c(c2c(OC)c1OC)OC(c1ccccc1)(c1ccc(N2CCOCC2)cc1)C=C4)C(C)(C)c1ccccc1-3. The van der Waals surface area contributed by atoms with Crippen LogP contribution in [0.3, 0.4) is 0 Å². The van der Waals surface area contributed by atoms with E-state index >= 15 is 0 Å². The smallest absolute Gasteiger partial charge is 0.204 e. The molecular weight excluding hydrogens is 586 g/mol. The van der Waals surface area contributed by atoms with Crippen LogP contribution in [0.25, 0.3) is 28.0 Å². The molecule has 6 heteroatoms. The Hall–Kier alpha value is -4.94. The number of rotatable bonds is 6. The molecule has 3 aliphatic rings. The summed E-state index contributed by atoms with van der Waals surface area (Å²) in [5, 5.41) is 1.87. The third kappa shape index (κ3) is 4.27. The molecule has 1 saturated heterocycles. The van der Waals surface area contributed by atoms with Gasteiger partial charge in [-0.25, -0.2) is 0 Å². The highest BCUT2D eigenvalue weighted by Crippen LogP contribution is 2.61. The lowest BCUT2D eigenvalue weighted by atomic mass is 9.76. The first-order chi connectivity index (χ1) is 22.9. The van der Waals surface area contributed by atoms with Crippen molar-refractivity contribution in [2.24, 2.45) is 0 Å². The monoisotopic (exact) mass is 625 g/mol. The Bertz CT molecular complexity index is 2030. The van der Waals surface area contributed by atoms with Gasteiger partial charge in [-0.3, -0.25) is 0 Å². The minimum Gasteiger partial charge on any atom is -0.493 e. The predicted molar refractivity (Wildman–Crippen MR) is 188 cm³/mol. The van der Waals surface area contributed by atoms with Gasteiger partial charge >= 0.3 is 0 Å². The fourth-order valence-electron chi connectivity index (χ4n) is 7.97. The summed E-state index contributed by atoms with van der Waals surface area (Å²) in [6, 6.07) is 30.0. The summed E-state index contributed by atoms with van der Waals surface area (Å²) in [4.78, 5) is 2.37. The predicted octanol–water partition coefficient (Wildman–Crippen LogP) is 8.36. The van der Waals surface area contributed by atoms with Crippen LogP contribution < -0.4 is 23.8 Å². The maximum absolute atomic E-state index is 7.53. The van der Waals surface area contributed by atoms with Gasteiger partial charge < -0.3 is 28.6 Å². The van der Waals surface area contributed by atoms with Crippen molar-refractivity contribution in [2.45, 2.75) is 24.9 Å². The number of methoxy groups -OCH3 is 3. The Morgan fingerprint density at radius 3 is 2.13 bits per heavy atom. The van der Waals surface area contributed by atoms with Crippen molar-refractivity contribution < 1.29 is 23.7 Å². The summed E-state index contributed by atoms with van der Waals surface area (Å²) >= 11 is 0. The maximum Gasteiger partial charge on any atom is 0.204 e. The Kier molecular flexibility index (Phi) is 6.96. The number of anilines is 1. The largest absolute Gasteiger partial charge is 0.493 e. The second kappa shape index (κ2) is 11.1. The van der Waals surface area contributed by atoms with Crippen molar-refractivity contribution in [3.63, 3.8) is 0 Å². The number of hydrogen-bond acceptors (Lipinski definition) is 6. The molecule has 1 fully saturated rings. The maximum atomic E-state index is 7.53. The van der Waals surface area contributed by atoms with Gasteiger partial charge in [0, 0.05) is 46.3 Å². The summed E-state index contributed by atoms with van der Waals surface area (Å²) < 4.78 is 31.2. The van der Waals surface area contributed by atoms with E-state index in [0.717, 1.165) is 59.5 Å². The van der Waals surface area contributed by atoms with Gasteiger partial charge in [-0.15, -0.1) is 0 Å². The Balaban J connectivity index is 1.43. The molecule has 0 N–H and O–H groups in total. The van der Waals surface area contributed by atoms with E-state index in [-0.39, 0.29) is 5.41 Å². The molecule has 5 aromatic rings. The van der Waals surface area contributed by atoms with E-state index in [1.807, 2.05) is 6.07 Å². The first-order valence-electron chi connectivity index (χ1n) is 16.2. The van der Waals surface area contributed by atoms with Crippen LogP contribution in [-0.4, -0.2) is 47.6 Å². The second-order valence-electron chi connectivity index (χ2n) is 12.9. The summed E-state index contributed by atoms with van der Waals surface area (Å²) in [6.07, 6.45) is 4.50. The molecule has 8 rings (SSSR count). The Morgan fingerprint density at radius 1 is 0.745 bits per heavy atom. The highest BCUT2D eigenvalue weighted by molar-refractivity contribution is 6.12. The molecule has 238 valence electrons. The van der Waals surface area contributed by atoms with E-state index in [1.165, 1.54) is 27.9 Å². The number of nitrogens with zero attached hydrogens (tertiary/aromatic N) is 1. The second-order valence-corrected chi connectivity index (χ2v) is 12.9. The lowest BCUT2D eigenvalue weighted by Crippen LogP contribution is -2.37. The van der Waals surface area contributed by atoms with E-state index in [4.69, 9.17) is 23.7 Å². The van der Waals surface area contributed by atoms with Gasteiger partial charge in [0.1, 0.15) is 5.75 Å². The molecule has 2 aliphatic heterocycles. The normalized spacial score (nSPS) is 19.0. The molecule has 5 aromatic carbocycles. The standard InChI is InChI=1S/C41H39NO5/c1-40(2)32-14-10-9-13-29(32)34-31-25-33(43-3)38(44-4)39(45-5)35(31)37-30(36(34)40)19-20-41(47-37,26-11-7-6-8-12-26)27-15-17-28(18-16-27)42-21-23-46-24-22-42/h6-20,25H,21-24H2,1-5H3. The summed E-state index contributed by atoms with van der Waals surface area (Å²) in [5.74, 6) is 2.50. The fraction of sp³-hybridized carbons (Fsp3) is 0.268. The van der Waals surface area contributed by atoms with Crippen LogP contribution in [-0.2, 0) is 15.8 Å². The minimum atomic E-state index is -0.896. The summed E-state index contributed by atoms with van der Waals surface area (Å²) in [6.45, 7) is 7.86. The van der Waals surface area contributed by atoms with Crippen molar-refractivity contribution in [3.8, 4) is 34.1 Å². The van der Waals surface area contributed by atoms with Crippen LogP contribution in [0.15, 0.2) is 91.0 Å². The molecule has 1 unspecified atom stereocenters. The van der Waals surface area contributed by atoms with E-state index in [0.29, 0.717) is 17.2 Å². The van der Waals surface area contributed by atoms with Crippen molar-refractivity contribution in [3.05, 3.63) is 119 Å². The summed E-state index contributed by atoms with van der Waals surface area (Å²) in [5.41, 5.74) is 8.04. The molecule has 0 saturated carbocycles. The van der Waals surface area contributed by atoms with Crippen LogP contribution >= 0.6 is 0 Å². The topological polar surface area (TPSA) is 49.4 Å². The Morgan fingerprint density at radius 2 is 1.43 bits per heavy atom. The summed E-state index contributed by atoms with van der Waals surface area (Å²) in [7, 11) is 5.00. The van der Waals surface area contributed by atoms with Crippen molar-refractivity contribution in [2.75, 3.05) is 52.5 Å². The van der Waals surface area contributed by atoms with Gasteiger partial charge in [-0.05, 0) is 46.5 Å². The lowest BCUT2D eigenvalue weighted by Gasteiger charge is -2.39. The molecule has 47 heavy (non-hydrogen) atoms. The number of ether oxygens (including phenoxy) is 5. The first kappa shape index (κ1) is 29.5. The number of hydrogen-bond donors (Lipinski definition) is 0. The van der Waals surface area contributed by atoms with Crippen LogP contribution in [0.5, 0.6) is 23.0 Å². The van der Waals surface area contributed by atoms with Crippen LogP contribution in [0.4, 0.5) is 5.69 Å². The molecule has 1 aliphatic carbocycles. The quantitative estimate of drug-likeness (QED) is 0.189. The average Bonchev–Trinajstić information content (AvgIpc) is 3.38. The van der Waals surface area contributed by atoms with Crippen LogP contribution in [0.1, 0.15) is 41.7 Å². The zero-order valence-corrected chi connectivity index (χ0v) is 27.6. The third-order valence-electron chi connectivity index (χ3n) is 10.2. The van der Waals surface area contributed by atoms with Gasteiger partial charge in [-0.2, -0.15) is 0 Å². The highest BCUT2D eigenvalue weighted by Gasteiger charge is 2.45. The minimum absolute atomic E-state index is 0.273. The molecule has 0 bridgehead atoms. The van der Waals surface area contributed by atoms with Gasteiger partial charge in [0.2, 0.25) is 5.75 Å². The van der Waals surface area contributed by atoms with Gasteiger partial charge in [0.25, 0.3) is 0 Å². The molecule has 2 heterocycles. The molecule has 6 nitrogen and oxygen atoms in total. The number of fused-ring (bicyclic) bond motifs is 8. The zero-order chi connectivity index (χ0) is 32.3. The van der Waals surface area contributed by atoms with Crippen LogP contribution in [0.2, 0.25) is 0 Å². The van der Waals surface area contributed by atoms with Gasteiger partial charge in [0.15, 0.2) is 17.1 Å². The average molecular weight is 626 g/mol. The van der Waals surface area contributed by atoms with Crippen LogP contribution in [0, 0.1) is 0 Å². The van der Waals surface area contributed by atoms with E-state index in [9.17, 15) is 0 Å². The molecule has 1 atom stereocenters. The van der Waals surface area contributed by atoms with E-state index in [2.05, 4.69) is 110 Å². The molecule has 0 radical (unpaired) electrons. The van der Waals surface area contributed by atoms with Gasteiger partial charge in [0.05, 0.1) is 39.9 Å². The lowest BCUT2D eigenvalue weighted by molar-refractivity contribution is 0.122. The van der Waals surface area contributed by atoms with Crippen molar-refractivity contribution >= 4 is 22.5 Å². The zero-order valence-electron chi connectivity index (χ0n) is 27.6. The number of benzene rings is 5. The Labute approximate surface area is 276 Å². The van der Waals surface area contributed by atoms with Crippen molar-refractivity contribution in [1.82, 2.24) is 0 Å². The molecule has 0 spiro atoms. The molecule has 0 amide bonds. The van der Waals surface area contributed by atoms with E-state index in [1.54, 1.807) is 21.3 Å². The molecule has 0 aromatic heterocycles. The number of morpholine rings is 1. The fourth-order valence-corrected chi connectivity index (χ4v) is 7.97. The third-order valence-corrected chi connectivity index (χ3v) is 10.2.